The molecule has 0 saturated heterocycles. The highest BCUT2D eigenvalue weighted by atomic mass is 16.3. The van der Waals surface area contributed by atoms with Gasteiger partial charge >= 0.3 is 0 Å². The lowest BCUT2D eigenvalue weighted by molar-refractivity contribution is -0.130. The largest absolute Gasteiger partial charge is 0.391 e. The molecule has 0 aromatic heterocycles. The third kappa shape index (κ3) is 13.0. The molecule has 2 rings (SSSR count). The normalized spacial score (nSPS) is 15.3. The van der Waals surface area contributed by atoms with Crippen LogP contribution in [0.15, 0.2) is 60.7 Å². The average molecular weight is 595 g/mol. The molecule has 0 radical (unpaired) electrons. The van der Waals surface area contributed by atoms with Gasteiger partial charge in [0.25, 0.3) is 0 Å². The molecule has 0 heterocycles. The van der Waals surface area contributed by atoms with Crippen LogP contribution in [0.5, 0.6) is 0 Å². The van der Waals surface area contributed by atoms with E-state index in [4.69, 9.17) is 0 Å². The van der Waals surface area contributed by atoms with Crippen molar-refractivity contribution in [3.8, 4) is 0 Å². The summed E-state index contributed by atoms with van der Waals surface area (Å²) in [5, 5.41) is 23.2. The lowest BCUT2D eigenvalue weighted by Gasteiger charge is -2.31. The molecule has 5 N–H and O–H groups in total. The summed E-state index contributed by atoms with van der Waals surface area (Å²) in [7, 11) is 0. The maximum absolute atomic E-state index is 13.5. The molecule has 2 aromatic carbocycles. The van der Waals surface area contributed by atoms with Crippen LogP contribution >= 0.6 is 0 Å². The van der Waals surface area contributed by atoms with Crippen LogP contribution in [-0.2, 0) is 32.0 Å². The van der Waals surface area contributed by atoms with Crippen LogP contribution in [0.3, 0.4) is 0 Å². The van der Waals surface area contributed by atoms with Crippen molar-refractivity contribution in [2.45, 2.75) is 104 Å². The topological polar surface area (TPSA) is 137 Å². The van der Waals surface area contributed by atoms with E-state index >= 15 is 0 Å². The predicted octanol–water partition coefficient (Wildman–Crippen LogP) is 3.29. The molecule has 9 heteroatoms. The lowest BCUT2D eigenvalue weighted by Crippen LogP contribution is -2.56. The van der Waals surface area contributed by atoms with Gasteiger partial charge in [0, 0.05) is 19.9 Å². The monoisotopic (exact) mass is 594 g/mol. The standard InChI is InChI=1S/C34H50N4O5/c1-7-23(4)32(36-25(6)40)34(43)37-28(19-26-14-10-8-11-15-26)21-31(41)29(20-27-16-12-9-13-17-27)38-33(42)30(18-22(2)3)35-24(5)39/h8-17,22-23,28-32,41H,7,18-21H2,1-6H3,(H,35,39)(H,36,40)(H,37,43)(H,38,42)/t23-,28+,29+,30+,31+,32+/m1/s1. The summed E-state index contributed by atoms with van der Waals surface area (Å²) in [5.74, 6) is -1.21. The van der Waals surface area contributed by atoms with Crippen molar-refractivity contribution in [2.75, 3.05) is 0 Å². The van der Waals surface area contributed by atoms with Crippen LogP contribution < -0.4 is 21.3 Å². The maximum Gasteiger partial charge on any atom is 0.243 e. The van der Waals surface area contributed by atoms with Crippen LogP contribution in [-0.4, -0.2) is 59.0 Å². The van der Waals surface area contributed by atoms with E-state index in [1.54, 1.807) is 0 Å². The number of rotatable bonds is 17. The third-order valence-electron chi connectivity index (χ3n) is 7.54. The Morgan fingerprint density at radius 2 is 1.23 bits per heavy atom. The Kier molecular flexibility index (Phi) is 14.9. The molecule has 0 unspecified atom stereocenters. The Morgan fingerprint density at radius 3 is 1.72 bits per heavy atom. The van der Waals surface area contributed by atoms with Gasteiger partial charge in [-0.2, -0.15) is 0 Å². The Hall–Kier alpha value is -3.72. The second kappa shape index (κ2) is 18.1. The van der Waals surface area contributed by atoms with Crippen molar-refractivity contribution in [3.63, 3.8) is 0 Å². The molecule has 0 spiro atoms. The van der Waals surface area contributed by atoms with E-state index in [1.165, 1.54) is 13.8 Å². The number of hydrogen-bond donors (Lipinski definition) is 5. The molecule has 0 aliphatic carbocycles. The number of carbonyl (C=O) groups excluding carboxylic acids is 4. The maximum atomic E-state index is 13.5. The highest BCUT2D eigenvalue weighted by Gasteiger charge is 2.31. The fraction of sp³-hybridized carbons (Fsp3) is 0.529. The van der Waals surface area contributed by atoms with Crippen LogP contribution in [0.25, 0.3) is 0 Å². The van der Waals surface area contributed by atoms with Gasteiger partial charge in [0.15, 0.2) is 0 Å². The Balaban J connectivity index is 2.35. The van der Waals surface area contributed by atoms with Crippen molar-refractivity contribution >= 4 is 23.6 Å². The Bertz CT molecular complexity index is 1160. The molecule has 0 fully saturated rings. The first-order valence-electron chi connectivity index (χ1n) is 15.3. The zero-order valence-corrected chi connectivity index (χ0v) is 26.4. The second-order valence-electron chi connectivity index (χ2n) is 11.9. The molecule has 0 bridgehead atoms. The Labute approximate surface area is 256 Å². The van der Waals surface area contributed by atoms with Crippen molar-refractivity contribution in [1.82, 2.24) is 21.3 Å². The van der Waals surface area contributed by atoms with Crippen LogP contribution in [0.2, 0.25) is 0 Å². The molecule has 0 saturated carbocycles. The van der Waals surface area contributed by atoms with Gasteiger partial charge in [-0.3, -0.25) is 19.2 Å². The van der Waals surface area contributed by atoms with E-state index < -0.39 is 30.3 Å². The molecule has 6 atom stereocenters. The van der Waals surface area contributed by atoms with E-state index in [0.29, 0.717) is 25.7 Å². The number of amides is 4. The number of benzene rings is 2. The fourth-order valence-electron chi connectivity index (χ4n) is 5.14. The second-order valence-corrected chi connectivity index (χ2v) is 11.9. The molecule has 43 heavy (non-hydrogen) atoms. The van der Waals surface area contributed by atoms with E-state index in [1.807, 2.05) is 88.4 Å². The summed E-state index contributed by atoms with van der Waals surface area (Å²) in [5.41, 5.74) is 1.91. The van der Waals surface area contributed by atoms with Crippen LogP contribution in [0.1, 0.15) is 71.9 Å². The fourth-order valence-corrected chi connectivity index (χ4v) is 5.14. The van der Waals surface area contributed by atoms with E-state index in [-0.39, 0.29) is 41.9 Å². The number of nitrogens with one attached hydrogen (secondary N) is 4. The zero-order valence-electron chi connectivity index (χ0n) is 26.4. The first kappa shape index (κ1) is 35.5. The van der Waals surface area contributed by atoms with Crippen molar-refractivity contribution in [1.29, 1.82) is 0 Å². The zero-order chi connectivity index (χ0) is 31.9. The van der Waals surface area contributed by atoms with Gasteiger partial charge in [-0.05, 0) is 48.6 Å². The van der Waals surface area contributed by atoms with Gasteiger partial charge in [-0.1, -0.05) is 94.8 Å². The quantitative estimate of drug-likeness (QED) is 0.192. The molecule has 4 amide bonds. The van der Waals surface area contributed by atoms with Gasteiger partial charge in [0.1, 0.15) is 12.1 Å². The number of carbonyl (C=O) groups is 4. The molecule has 236 valence electrons. The van der Waals surface area contributed by atoms with Crippen LogP contribution in [0, 0.1) is 11.8 Å². The van der Waals surface area contributed by atoms with Crippen molar-refractivity contribution in [2.24, 2.45) is 11.8 Å². The van der Waals surface area contributed by atoms with Crippen molar-refractivity contribution < 1.29 is 24.3 Å². The van der Waals surface area contributed by atoms with Gasteiger partial charge in [0.2, 0.25) is 23.6 Å². The first-order valence-corrected chi connectivity index (χ1v) is 15.3. The minimum Gasteiger partial charge on any atom is -0.391 e. The summed E-state index contributed by atoms with van der Waals surface area (Å²) in [4.78, 5) is 50.7. The van der Waals surface area contributed by atoms with Gasteiger partial charge < -0.3 is 26.4 Å². The summed E-state index contributed by atoms with van der Waals surface area (Å²) in [6.45, 7) is 10.6. The highest BCUT2D eigenvalue weighted by Crippen LogP contribution is 2.16. The smallest absolute Gasteiger partial charge is 0.243 e. The summed E-state index contributed by atoms with van der Waals surface area (Å²) in [6, 6.07) is 16.6. The Morgan fingerprint density at radius 1 is 0.698 bits per heavy atom. The first-order chi connectivity index (χ1) is 20.4. The van der Waals surface area contributed by atoms with E-state index in [2.05, 4.69) is 21.3 Å². The molecule has 0 aliphatic rings. The summed E-state index contributed by atoms with van der Waals surface area (Å²) < 4.78 is 0. The molecular formula is C34H50N4O5. The number of aliphatic hydroxyl groups excluding tert-OH is 1. The highest BCUT2D eigenvalue weighted by molar-refractivity contribution is 5.88. The lowest BCUT2D eigenvalue weighted by atomic mass is 9.92. The SMILES string of the molecule is CC[C@@H](C)[C@H](NC(C)=O)C(=O)N[C@@H](Cc1ccccc1)C[C@H](O)[C@H](Cc1ccccc1)NC(=O)[C@H](CC(C)C)NC(C)=O. The molecular weight excluding hydrogens is 544 g/mol. The molecule has 0 aliphatic heterocycles. The molecule has 2 aromatic rings. The number of hydrogen-bond acceptors (Lipinski definition) is 5. The number of aliphatic hydroxyl groups is 1. The predicted molar refractivity (Wildman–Crippen MR) is 169 cm³/mol. The van der Waals surface area contributed by atoms with Crippen molar-refractivity contribution in [3.05, 3.63) is 71.8 Å². The van der Waals surface area contributed by atoms with Gasteiger partial charge in [0.05, 0.1) is 12.1 Å². The summed E-state index contributed by atoms with van der Waals surface area (Å²) in [6.07, 6.45) is 1.08. The minimum atomic E-state index is -1.03. The minimum absolute atomic E-state index is 0.0945. The van der Waals surface area contributed by atoms with Crippen LogP contribution in [0.4, 0.5) is 0 Å². The van der Waals surface area contributed by atoms with E-state index in [9.17, 15) is 24.3 Å². The summed E-state index contributed by atoms with van der Waals surface area (Å²) >= 11 is 0. The van der Waals surface area contributed by atoms with Gasteiger partial charge in [-0.15, -0.1) is 0 Å². The van der Waals surface area contributed by atoms with E-state index in [0.717, 1.165) is 11.1 Å². The third-order valence-corrected chi connectivity index (χ3v) is 7.54. The van der Waals surface area contributed by atoms with Gasteiger partial charge in [-0.25, -0.2) is 0 Å². The molecule has 9 nitrogen and oxygen atoms in total. The average Bonchev–Trinajstić information content (AvgIpc) is 2.95.